The van der Waals surface area contributed by atoms with Crippen molar-refractivity contribution >= 4 is 33.4 Å². The lowest BCUT2D eigenvalue weighted by molar-refractivity contribution is 0.0949. The van der Waals surface area contributed by atoms with Gasteiger partial charge in [0.2, 0.25) is 0 Å². The quantitative estimate of drug-likeness (QED) is 0.867. The fourth-order valence-electron chi connectivity index (χ4n) is 1.61. The van der Waals surface area contributed by atoms with Gasteiger partial charge in [-0.05, 0) is 47.2 Å². The molecule has 0 saturated carbocycles. The summed E-state index contributed by atoms with van der Waals surface area (Å²) in [6.07, 6.45) is 0. The summed E-state index contributed by atoms with van der Waals surface area (Å²) in [4.78, 5) is 14.1. The van der Waals surface area contributed by atoms with Gasteiger partial charge in [-0.25, -0.2) is 0 Å². The minimum atomic E-state index is -0.0699. The van der Waals surface area contributed by atoms with Crippen molar-refractivity contribution in [2.24, 2.45) is 0 Å². The summed E-state index contributed by atoms with van der Waals surface area (Å²) < 4.78 is 0.737. The van der Waals surface area contributed by atoms with E-state index in [-0.39, 0.29) is 5.91 Å². The zero-order valence-corrected chi connectivity index (χ0v) is 13.0. The third kappa shape index (κ3) is 4.59. The van der Waals surface area contributed by atoms with E-state index in [0.29, 0.717) is 17.1 Å². The van der Waals surface area contributed by atoms with Crippen LogP contribution in [0, 0.1) is 0 Å². The van der Waals surface area contributed by atoms with Crippen molar-refractivity contribution in [2.45, 2.75) is 13.8 Å². The number of benzene rings is 1. The van der Waals surface area contributed by atoms with Crippen molar-refractivity contribution in [1.82, 2.24) is 10.2 Å². The molecule has 0 spiro atoms. The summed E-state index contributed by atoms with van der Waals surface area (Å²) in [5.74, 6) is -0.0699. The molecule has 1 aromatic rings. The van der Waals surface area contributed by atoms with E-state index in [9.17, 15) is 4.79 Å². The Kier molecular flexibility index (Phi) is 6.68. The number of halogens is 2. The third-order valence-corrected chi connectivity index (χ3v) is 4.00. The molecular formula is C13H18BrClN2O. The van der Waals surface area contributed by atoms with Crippen LogP contribution in [0.3, 0.4) is 0 Å². The molecule has 1 rings (SSSR count). The highest BCUT2D eigenvalue weighted by molar-refractivity contribution is 9.10. The minimum absolute atomic E-state index is 0.0699. The molecular weight excluding hydrogens is 316 g/mol. The fourth-order valence-corrected chi connectivity index (χ4v) is 2.10. The van der Waals surface area contributed by atoms with E-state index in [4.69, 9.17) is 11.6 Å². The summed E-state index contributed by atoms with van der Waals surface area (Å²) in [5.41, 5.74) is 0.617. The highest BCUT2D eigenvalue weighted by Gasteiger charge is 2.07. The van der Waals surface area contributed by atoms with Gasteiger partial charge in [0.15, 0.2) is 0 Å². The zero-order valence-electron chi connectivity index (χ0n) is 10.7. The maximum atomic E-state index is 11.9. The van der Waals surface area contributed by atoms with Crippen LogP contribution in [-0.2, 0) is 0 Å². The first kappa shape index (κ1) is 15.5. The summed E-state index contributed by atoms with van der Waals surface area (Å²) in [7, 11) is 0. The van der Waals surface area contributed by atoms with E-state index in [1.54, 1.807) is 18.2 Å². The Labute approximate surface area is 122 Å². The zero-order chi connectivity index (χ0) is 13.5. The Morgan fingerprint density at radius 2 is 2.06 bits per heavy atom. The van der Waals surface area contributed by atoms with Crippen LogP contribution in [0.2, 0.25) is 5.02 Å². The van der Waals surface area contributed by atoms with Crippen molar-refractivity contribution in [1.29, 1.82) is 0 Å². The van der Waals surface area contributed by atoms with Gasteiger partial charge in [0.05, 0.1) is 5.02 Å². The van der Waals surface area contributed by atoms with Gasteiger partial charge in [0.1, 0.15) is 0 Å². The molecule has 0 aromatic heterocycles. The van der Waals surface area contributed by atoms with Gasteiger partial charge in [0, 0.05) is 23.1 Å². The lowest BCUT2D eigenvalue weighted by atomic mass is 10.2. The molecule has 0 radical (unpaired) electrons. The van der Waals surface area contributed by atoms with Gasteiger partial charge >= 0.3 is 0 Å². The number of hydrogen-bond donors (Lipinski definition) is 1. The maximum Gasteiger partial charge on any atom is 0.251 e. The molecule has 0 unspecified atom stereocenters. The van der Waals surface area contributed by atoms with Gasteiger partial charge in [-0.3, -0.25) is 4.79 Å². The van der Waals surface area contributed by atoms with Crippen LogP contribution in [0.5, 0.6) is 0 Å². The first-order valence-corrected chi connectivity index (χ1v) is 7.21. The van der Waals surface area contributed by atoms with Crippen LogP contribution in [-0.4, -0.2) is 37.0 Å². The first-order chi connectivity index (χ1) is 8.58. The molecule has 0 heterocycles. The smallest absolute Gasteiger partial charge is 0.251 e. The van der Waals surface area contributed by atoms with Crippen molar-refractivity contribution in [2.75, 3.05) is 26.2 Å². The van der Waals surface area contributed by atoms with Crippen LogP contribution < -0.4 is 5.32 Å². The largest absolute Gasteiger partial charge is 0.351 e. The Hall–Kier alpha value is -0.580. The molecule has 0 bridgehead atoms. The van der Waals surface area contributed by atoms with Crippen LogP contribution in [0.1, 0.15) is 24.2 Å². The van der Waals surface area contributed by atoms with Crippen LogP contribution >= 0.6 is 27.5 Å². The van der Waals surface area contributed by atoms with E-state index >= 15 is 0 Å². The van der Waals surface area contributed by atoms with Crippen molar-refractivity contribution in [3.8, 4) is 0 Å². The number of carbonyl (C=O) groups is 1. The summed E-state index contributed by atoms with van der Waals surface area (Å²) in [6, 6.07) is 5.17. The van der Waals surface area contributed by atoms with Gasteiger partial charge in [-0.1, -0.05) is 25.4 Å². The number of amides is 1. The minimum Gasteiger partial charge on any atom is -0.351 e. The molecule has 1 N–H and O–H groups in total. The summed E-state index contributed by atoms with van der Waals surface area (Å²) in [5, 5.41) is 3.51. The third-order valence-electron chi connectivity index (χ3n) is 2.79. The molecule has 0 atom stereocenters. The second-order valence-corrected chi connectivity index (χ2v) is 5.17. The van der Waals surface area contributed by atoms with Gasteiger partial charge < -0.3 is 10.2 Å². The van der Waals surface area contributed by atoms with E-state index < -0.39 is 0 Å². The Morgan fingerprint density at radius 3 is 2.61 bits per heavy atom. The Balaban J connectivity index is 2.48. The van der Waals surface area contributed by atoms with E-state index in [1.165, 1.54) is 0 Å². The topological polar surface area (TPSA) is 32.3 Å². The summed E-state index contributed by atoms with van der Waals surface area (Å²) >= 11 is 9.19. The van der Waals surface area contributed by atoms with Crippen molar-refractivity contribution < 1.29 is 4.79 Å². The number of carbonyl (C=O) groups excluding carboxylic acids is 1. The molecule has 0 aliphatic heterocycles. The average molecular weight is 334 g/mol. The predicted octanol–water partition coefficient (Wildman–Crippen LogP) is 3.17. The highest BCUT2D eigenvalue weighted by Crippen LogP contribution is 2.23. The average Bonchev–Trinajstić information content (AvgIpc) is 2.37. The van der Waals surface area contributed by atoms with Crippen molar-refractivity contribution in [3.63, 3.8) is 0 Å². The van der Waals surface area contributed by atoms with E-state index in [1.807, 2.05) is 0 Å². The van der Waals surface area contributed by atoms with Crippen LogP contribution in [0.25, 0.3) is 0 Å². The number of rotatable bonds is 6. The molecule has 1 aromatic carbocycles. The molecule has 0 aliphatic rings. The van der Waals surface area contributed by atoms with Crippen molar-refractivity contribution in [3.05, 3.63) is 33.3 Å². The maximum absolute atomic E-state index is 11.9. The van der Waals surface area contributed by atoms with E-state index in [2.05, 4.69) is 40.0 Å². The molecule has 18 heavy (non-hydrogen) atoms. The second kappa shape index (κ2) is 7.77. The Morgan fingerprint density at radius 1 is 1.39 bits per heavy atom. The normalized spacial score (nSPS) is 10.7. The van der Waals surface area contributed by atoms with Gasteiger partial charge in [-0.15, -0.1) is 0 Å². The SMILES string of the molecule is CCN(CC)CCNC(=O)c1ccc(Cl)c(Br)c1. The standard InChI is InChI=1S/C13H18BrClN2O/c1-3-17(4-2)8-7-16-13(18)10-5-6-12(15)11(14)9-10/h5-6,9H,3-4,7-8H2,1-2H3,(H,16,18). The van der Waals surface area contributed by atoms with Gasteiger partial charge in [-0.2, -0.15) is 0 Å². The lowest BCUT2D eigenvalue weighted by Crippen LogP contribution is -2.34. The molecule has 5 heteroatoms. The monoisotopic (exact) mass is 332 g/mol. The molecule has 3 nitrogen and oxygen atoms in total. The second-order valence-electron chi connectivity index (χ2n) is 3.91. The van der Waals surface area contributed by atoms with Crippen LogP contribution in [0.15, 0.2) is 22.7 Å². The number of nitrogens with one attached hydrogen (secondary N) is 1. The number of nitrogens with zero attached hydrogens (tertiary/aromatic N) is 1. The Bertz CT molecular complexity index is 408. The number of likely N-dealkylation sites (N-methyl/N-ethyl adjacent to an activating group) is 1. The molecule has 0 saturated heterocycles. The summed E-state index contributed by atoms with van der Waals surface area (Å²) in [6.45, 7) is 7.75. The van der Waals surface area contributed by atoms with Gasteiger partial charge in [0.25, 0.3) is 5.91 Å². The van der Waals surface area contributed by atoms with E-state index in [0.717, 1.165) is 24.1 Å². The predicted molar refractivity (Wildman–Crippen MR) is 79.3 cm³/mol. The first-order valence-electron chi connectivity index (χ1n) is 6.04. The molecule has 1 amide bonds. The fraction of sp³-hybridized carbons (Fsp3) is 0.462. The number of hydrogen-bond acceptors (Lipinski definition) is 2. The lowest BCUT2D eigenvalue weighted by Gasteiger charge is -2.17. The molecule has 100 valence electrons. The molecule has 0 aliphatic carbocycles. The molecule has 0 fully saturated rings. The van der Waals surface area contributed by atoms with Crippen LogP contribution in [0.4, 0.5) is 0 Å². The highest BCUT2D eigenvalue weighted by atomic mass is 79.9.